The molecule has 0 aliphatic heterocycles. The maximum absolute atomic E-state index is 12.1. The number of nitrogens with one attached hydrogen (secondary N) is 3. The second-order valence-electron chi connectivity index (χ2n) is 6.87. The summed E-state index contributed by atoms with van der Waals surface area (Å²) < 4.78 is 22.5. The van der Waals surface area contributed by atoms with Gasteiger partial charge < -0.3 is 16.0 Å². The van der Waals surface area contributed by atoms with Crippen LogP contribution >= 0.6 is 24.0 Å². The molecule has 2 unspecified atom stereocenters. The van der Waals surface area contributed by atoms with Gasteiger partial charge in [-0.1, -0.05) is 19.1 Å². The summed E-state index contributed by atoms with van der Waals surface area (Å²) in [6, 6.07) is 7.55. The van der Waals surface area contributed by atoms with E-state index in [-0.39, 0.29) is 47.7 Å². The van der Waals surface area contributed by atoms with Gasteiger partial charge in [-0.15, -0.1) is 24.0 Å². The second-order valence-corrected chi connectivity index (χ2v) is 9.13. The van der Waals surface area contributed by atoms with Gasteiger partial charge in [0.1, 0.15) is 9.84 Å². The van der Waals surface area contributed by atoms with Crippen LogP contribution in [0.15, 0.2) is 29.3 Å². The van der Waals surface area contributed by atoms with Crippen molar-refractivity contribution >= 4 is 45.7 Å². The van der Waals surface area contributed by atoms with Crippen molar-refractivity contribution in [2.45, 2.75) is 52.2 Å². The highest BCUT2D eigenvalue weighted by atomic mass is 127. The summed E-state index contributed by atoms with van der Waals surface area (Å²) in [5.74, 6) is 0.675. The SMILES string of the molecule is CCC(C)NC(=O)c1ccc(CNC(=NC)NC(C)CCS(C)(=O)=O)cc1.I. The van der Waals surface area contributed by atoms with Crippen molar-refractivity contribution in [3.8, 4) is 0 Å². The molecular formula is C19H33IN4O3S. The van der Waals surface area contributed by atoms with E-state index in [9.17, 15) is 13.2 Å². The smallest absolute Gasteiger partial charge is 0.251 e. The van der Waals surface area contributed by atoms with Crippen LogP contribution in [-0.4, -0.2) is 51.4 Å². The zero-order chi connectivity index (χ0) is 20.4. The van der Waals surface area contributed by atoms with Crippen molar-refractivity contribution in [3.05, 3.63) is 35.4 Å². The molecule has 0 aliphatic carbocycles. The van der Waals surface area contributed by atoms with Gasteiger partial charge in [0.2, 0.25) is 0 Å². The molecular weight excluding hydrogens is 491 g/mol. The molecule has 3 N–H and O–H groups in total. The molecule has 0 aliphatic rings. The predicted molar refractivity (Wildman–Crippen MR) is 126 cm³/mol. The van der Waals surface area contributed by atoms with Crippen LogP contribution in [0.4, 0.5) is 0 Å². The minimum absolute atomic E-state index is 0. The Morgan fingerprint density at radius 3 is 2.21 bits per heavy atom. The third-order valence-electron chi connectivity index (χ3n) is 4.19. The van der Waals surface area contributed by atoms with Crippen LogP contribution in [0.2, 0.25) is 0 Å². The summed E-state index contributed by atoms with van der Waals surface area (Å²) in [6.45, 7) is 6.48. The van der Waals surface area contributed by atoms with Gasteiger partial charge in [0.05, 0.1) is 5.75 Å². The maximum Gasteiger partial charge on any atom is 0.251 e. The van der Waals surface area contributed by atoms with Crippen LogP contribution < -0.4 is 16.0 Å². The maximum atomic E-state index is 12.1. The summed E-state index contributed by atoms with van der Waals surface area (Å²) in [4.78, 5) is 16.2. The number of benzene rings is 1. The van der Waals surface area contributed by atoms with Crippen molar-refractivity contribution < 1.29 is 13.2 Å². The third-order valence-corrected chi connectivity index (χ3v) is 5.17. The molecule has 160 valence electrons. The van der Waals surface area contributed by atoms with E-state index in [1.165, 1.54) is 6.26 Å². The first-order chi connectivity index (χ1) is 12.6. The Bertz CT molecular complexity index is 736. The van der Waals surface area contributed by atoms with Crippen molar-refractivity contribution in [1.82, 2.24) is 16.0 Å². The Hall–Kier alpha value is -1.36. The minimum Gasteiger partial charge on any atom is -0.354 e. The van der Waals surface area contributed by atoms with E-state index in [2.05, 4.69) is 20.9 Å². The van der Waals surface area contributed by atoms with Gasteiger partial charge >= 0.3 is 0 Å². The van der Waals surface area contributed by atoms with Crippen molar-refractivity contribution in [3.63, 3.8) is 0 Å². The average Bonchev–Trinajstić information content (AvgIpc) is 2.63. The molecule has 0 saturated carbocycles. The highest BCUT2D eigenvalue weighted by molar-refractivity contribution is 14.0. The molecule has 1 aromatic rings. The first-order valence-electron chi connectivity index (χ1n) is 9.19. The molecule has 2 atom stereocenters. The molecule has 0 saturated heterocycles. The summed E-state index contributed by atoms with van der Waals surface area (Å²) in [5, 5.41) is 9.31. The van der Waals surface area contributed by atoms with Gasteiger partial charge in [0, 0.05) is 37.5 Å². The van der Waals surface area contributed by atoms with Crippen LogP contribution in [0.25, 0.3) is 0 Å². The van der Waals surface area contributed by atoms with Crippen molar-refractivity contribution in [2.75, 3.05) is 19.1 Å². The number of hydrogen-bond donors (Lipinski definition) is 3. The Morgan fingerprint density at radius 1 is 1.11 bits per heavy atom. The highest BCUT2D eigenvalue weighted by Crippen LogP contribution is 2.05. The van der Waals surface area contributed by atoms with E-state index in [1.807, 2.05) is 32.9 Å². The molecule has 1 rings (SSSR count). The Morgan fingerprint density at radius 2 is 1.71 bits per heavy atom. The van der Waals surface area contributed by atoms with Crippen molar-refractivity contribution in [2.24, 2.45) is 4.99 Å². The lowest BCUT2D eigenvalue weighted by Gasteiger charge is -2.17. The molecule has 1 aromatic carbocycles. The van der Waals surface area contributed by atoms with E-state index in [4.69, 9.17) is 0 Å². The fourth-order valence-electron chi connectivity index (χ4n) is 2.26. The molecule has 7 nitrogen and oxygen atoms in total. The van der Waals surface area contributed by atoms with Gasteiger partial charge in [-0.25, -0.2) is 8.42 Å². The van der Waals surface area contributed by atoms with Gasteiger partial charge in [-0.3, -0.25) is 9.79 Å². The number of carbonyl (C=O) groups excluding carboxylic acids is 1. The number of halogens is 1. The lowest BCUT2D eigenvalue weighted by atomic mass is 10.1. The standard InChI is InChI=1S/C19H32N4O3S.HI/c1-6-14(2)22-18(24)17-9-7-16(8-10-17)13-21-19(20-4)23-15(3)11-12-27(5,25)26;/h7-10,14-15H,6,11-13H2,1-5H3,(H,22,24)(H2,20,21,23);1H. The van der Waals surface area contributed by atoms with E-state index in [0.29, 0.717) is 24.5 Å². The highest BCUT2D eigenvalue weighted by Gasteiger charge is 2.10. The fourth-order valence-corrected chi connectivity index (χ4v) is 3.04. The van der Waals surface area contributed by atoms with Gasteiger partial charge in [0.15, 0.2) is 5.96 Å². The average molecular weight is 524 g/mol. The molecule has 0 radical (unpaired) electrons. The van der Waals surface area contributed by atoms with Crippen LogP contribution in [0.1, 0.15) is 49.5 Å². The molecule has 0 aromatic heterocycles. The number of hydrogen-bond acceptors (Lipinski definition) is 4. The molecule has 0 spiro atoms. The molecule has 28 heavy (non-hydrogen) atoms. The van der Waals surface area contributed by atoms with E-state index in [1.54, 1.807) is 19.2 Å². The summed E-state index contributed by atoms with van der Waals surface area (Å²) in [5.41, 5.74) is 1.65. The quantitative estimate of drug-likeness (QED) is 0.262. The molecule has 9 heteroatoms. The largest absolute Gasteiger partial charge is 0.354 e. The van der Waals surface area contributed by atoms with Crippen LogP contribution in [0.5, 0.6) is 0 Å². The van der Waals surface area contributed by atoms with E-state index >= 15 is 0 Å². The predicted octanol–water partition coefficient (Wildman–Crippen LogP) is 2.32. The van der Waals surface area contributed by atoms with Gasteiger partial charge in [-0.05, 0) is 44.4 Å². The third kappa shape index (κ3) is 10.8. The molecule has 0 heterocycles. The second kappa shape index (κ2) is 13.0. The molecule has 0 bridgehead atoms. The van der Waals surface area contributed by atoms with Crippen LogP contribution in [0.3, 0.4) is 0 Å². The van der Waals surface area contributed by atoms with Gasteiger partial charge in [-0.2, -0.15) is 0 Å². The summed E-state index contributed by atoms with van der Waals surface area (Å²) >= 11 is 0. The zero-order valence-corrected chi connectivity index (χ0v) is 20.4. The number of rotatable bonds is 9. The Kier molecular flexibility index (Phi) is 12.3. The first kappa shape index (κ1) is 26.6. The number of carbonyl (C=O) groups is 1. The molecule has 1 amide bonds. The monoisotopic (exact) mass is 524 g/mol. The summed E-state index contributed by atoms with van der Waals surface area (Å²) in [7, 11) is -1.30. The lowest BCUT2D eigenvalue weighted by Crippen LogP contribution is -2.42. The van der Waals surface area contributed by atoms with E-state index in [0.717, 1.165) is 12.0 Å². The minimum atomic E-state index is -2.97. The van der Waals surface area contributed by atoms with Crippen LogP contribution in [0, 0.1) is 0 Å². The number of amides is 1. The van der Waals surface area contributed by atoms with Gasteiger partial charge in [0.25, 0.3) is 5.91 Å². The first-order valence-corrected chi connectivity index (χ1v) is 11.2. The zero-order valence-electron chi connectivity index (χ0n) is 17.3. The van der Waals surface area contributed by atoms with Crippen LogP contribution in [-0.2, 0) is 16.4 Å². The van der Waals surface area contributed by atoms with Crippen molar-refractivity contribution in [1.29, 1.82) is 0 Å². The number of aliphatic imine (C=N–C) groups is 1. The normalized spacial score (nSPS) is 13.8. The summed E-state index contributed by atoms with van der Waals surface area (Å²) in [6.07, 6.45) is 2.64. The number of guanidine groups is 1. The number of sulfone groups is 1. The van der Waals surface area contributed by atoms with E-state index < -0.39 is 9.84 Å². The number of nitrogens with zero attached hydrogens (tertiary/aromatic N) is 1. The fraction of sp³-hybridized carbons (Fsp3) is 0.579. The molecule has 0 fully saturated rings. The Labute approximate surface area is 186 Å². The topological polar surface area (TPSA) is 99.7 Å². The Balaban J connectivity index is 0.00000729. The lowest BCUT2D eigenvalue weighted by molar-refractivity contribution is 0.0939.